The summed E-state index contributed by atoms with van der Waals surface area (Å²) in [5.41, 5.74) is 2.75. The molecule has 0 saturated carbocycles. The van der Waals surface area contributed by atoms with Crippen molar-refractivity contribution in [2.45, 2.75) is 44.2 Å². The zero-order valence-corrected chi connectivity index (χ0v) is 19.6. The van der Waals surface area contributed by atoms with E-state index in [0.717, 1.165) is 11.3 Å². The summed E-state index contributed by atoms with van der Waals surface area (Å²) >= 11 is 12.1. The van der Waals surface area contributed by atoms with E-state index in [1.807, 2.05) is 19.9 Å². The first kappa shape index (κ1) is 26.5. The van der Waals surface area contributed by atoms with Gasteiger partial charge in [-0.1, -0.05) is 37.0 Å². The van der Waals surface area contributed by atoms with Crippen LogP contribution in [0.15, 0.2) is 46.6 Å². The van der Waals surface area contributed by atoms with Gasteiger partial charge >= 0.3 is 0 Å². The Kier molecular flexibility index (Phi) is 9.84. The molecule has 5 N–H and O–H groups in total. The standard InChI is InChI=1S/C22H29Cl2N3O5/c1-12(2)15-9-14(27(3)10-19(29)21(31)22(32)20(30)11-28)5-7-17(15)25-26-18-8-13(23)4-6-16(18)24/h4-9,12,19-22,28-32H,10-11H2,1-3H3/t19-,20+,21+,22+/m0/s1. The molecule has 2 rings (SSSR count). The average Bonchev–Trinajstić information content (AvgIpc) is 2.77. The summed E-state index contributed by atoms with van der Waals surface area (Å²) in [5, 5.41) is 58.0. The van der Waals surface area contributed by atoms with Crippen molar-refractivity contribution in [2.75, 3.05) is 25.1 Å². The Morgan fingerprint density at radius 1 is 0.875 bits per heavy atom. The molecule has 0 amide bonds. The van der Waals surface area contributed by atoms with Crippen LogP contribution in [-0.2, 0) is 0 Å². The Morgan fingerprint density at radius 3 is 2.12 bits per heavy atom. The molecule has 32 heavy (non-hydrogen) atoms. The number of aliphatic hydroxyl groups excluding tert-OH is 5. The molecule has 2 aromatic rings. The number of halogens is 2. The molecule has 0 radical (unpaired) electrons. The zero-order valence-electron chi connectivity index (χ0n) is 18.1. The van der Waals surface area contributed by atoms with Gasteiger partial charge in [0.2, 0.25) is 0 Å². The lowest BCUT2D eigenvalue weighted by molar-refractivity contribution is -0.112. The normalized spacial score (nSPS) is 15.7. The van der Waals surface area contributed by atoms with Gasteiger partial charge in [-0.3, -0.25) is 0 Å². The van der Waals surface area contributed by atoms with Gasteiger partial charge in [-0.2, -0.15) is 5.11 Å². The molecule has 10 heteroatoms. The number of nitrogens with zero attached hydrogens (tertiary/aromatic N) is 3. The Bertz CT molecular complexity index is 928. The molecule has 4 atom stereocenters. The van der Waals surface area contributed by atoms with Crippen molar-refractivity contribution >= 4 is 40.3 Å². The minimum Gasteiger partial charge on any atom is -0.394 e. The number of hydrogen-bond donors (Lipinski definition) is 5. The fourth-order valence-electron chi connectivity index (χ4n) is 3.06. The van der Waals surface area contributed by atoms with Gasteiger partial charge in [0.15, 0.2) is 0 Å². The molecule has 0 fully saturated rings. The highest BCUT2D eigenvalue weighted by atomic mass is 35.5. The number of rotatable bonds is 10. The van der Waals surface area contributed by atoms with Crippen molar-refractivity contribution < 1.29 is 25.5 Å². The second-order valence-corrected chi connectivity index (χ2v) is 8.72. The van der Waals surface area contributed by atoms with Crippen LogP contribution in [0.3, 0.4) is 0 Å². The predicted octanol–water partition coefficient (Wildman–Crippen LogP) is 3.40. The summed E-state index contributed by atoms with van der Waals surface area (Å²) < 4.78 is 0. The van der Waals surface area contributed by atoms with Gasteiger partial charge in [-0.05, 0) is 47.9 Å². The molecule has 2 aromatic carbocycles. The third-order valence-electron chi connectivity index (χ3n) is 5.03. The first-order valence-electron chi connectivity index (χ1n) is 10.1. The van der Waals surface area contributed by atoms with E-state index < -0.39 is 31.0 Å². The highest BCUT2D eigenvalue weighted by Crippen LogP contribution is 2.34. The fourth-order valence-corrected chi connectivity index (χ4v) is 3.38. The molecule has 0 aliphatic carbocycles. The quantitative estimate of drug-likeness (QED) is 0.328. The van der Waals surface area contributed by atoms with E-state index in [4.69, 9.17) is 28.3 Å². The molecule has 0 saturated heterocycles. The maximum Gasteiger partial charge on any atom is 0.111 e. The van der Waals surface area contributed by atoms with Gasteiger partial charge in [0.25, 0.3) is 0 Å². The Balaban J connectivity index is 2.21. The third kappa shape index (κ3) is 6.86. The largest absolute Gasteiger partial charge is 0.394 e. The highest BCUT2D eigenvalue weighted by molar-refractivity contribution is 6.35. The van der Waals surface area contributed by atoms with Crippen LogP contribution in [0.25, 0.3) is 0 Å². The van der Waals surface area contributed by atoms with Crippen LogP contribution in [0.1, 0.15) is 25.3 Å². The summed E-state index contributed by atoms with van der Waals surface area (Å²) in [6.07, 6.45) is -6.20. The minimum atomic E-state index is -1.67. The van der Waals surface area contributed by atoms with E-state index in [2.05, 4.69) is 10.2 Å². The van der Waals surface area contributed by atoms with Crippen LogP contribution >= 0.6 is 23.2 Å². The predicted molar refractivity (Wildman–Crippen MR) is 126 cm³/mol. The molecule has 0 bridgehead atoms. The van der Waals surface area contributed by atoms with Crippen molar-refractivity contribution in [3.63, 3.8) is 0 Å². The topological polar surface area (TPSA) is 129 Å². The van der Waals surface area contributed by atoms with Crippen LogP contribution in [0.5, 0.6) is 0 Å². The Hall–Kier alpha value is -1.78. The van der Waals surface area contributed by atoms with Gasteiger partial charge in [0.1, 0.15) is 24.0 Å². The van der Waals surface area contributed by atoms with Crippen molar-refractivity contribution in [2.24, 2.45) is 10.2 Å². The van der Waals surface area contributed by atoms with E-state index in [1.54, 1.807) is 42.3 Å². The minimum absolute atomic E-state index is 0.0209. The van der Waals surface area contributed by atoms with Crippen LogP contribution < -0.4 is 4.90 Å². The summed E-state index contributed by atoms with van der Waals surface area (Å²) in [4.78, 5) is 1.70. The number of hydrogen-bond acceptors (Lipinski definition) is 8. The Labute approximate surface area is 197 Å². The molecule has 0 spiro atoms. The molecule has 0 aliphatic rings. The molecule has 8 nitrogen and oxygen atoms in total. The number of aliphatic hydroxyl groups is 5. The Morgan fingerprint density at radius 2 is 1.50 bits per heavy atom. The molecule has 0 unspecified atom stereocenters. The van der Waals surface area contributed by atoms with Crippen molar-refractivity contribution in [3.05, 3.63) is 52.0 Å². The van der Waals surface area contributed by atoms with E-state index in [-0.39, 0.29) is 12.5 Å². The van der Waals surface area contributed by atoms with E-state index in [0.29, 0.717) is 21.4 Å². The van der Waals surface area contributed by atoms with E-state index >= 15 is 0 Å². The lowest BCUT2D eigenvalue weighted by Gasteiger charge is -2.29. The summed E-state index contributed by atoms with van der Waals surface area (Å²) in [6, 6.07) is 10.4. The molecule has 0 heterocycles. The lowest BCUT2D eigenvalue weighted by atomic mass is 9.99. The first-order chi connectivity index (χ1) is 15.0. The molecule has 0 aliphatic heterocycles. The van der Waals surface area contributed by atoms with Crippen LogP contribution in [0, 0.1) is 0 Å². The van der Waals surface area contributed by atoms with Crippen molar-refractivity contribution in [1.82, 2.24) is 0 Å². The van der Waals surface area contributed by atoms with E-state index in [1.165, 1.54) is 0 Å². The maximum absolute atomic E-state index is 10.3. The van der Waals surface area contributed by atoms with Gasteiger partial charge in [-0.15, -0.1) is 5.11 Å². The third-order valence-corrected chi connectivity index (χ3v) is 5.59. The summed E-state index contributed by atoms with van der Waals surface area (Å²) in [7, 11) is 1.72. The molecular formula is C22H29Cl2N3O5. The highest BCUT2D eigenvalue weighted by Gasteiger charge is 2.30. The van der Waals surface area contributed by atoms with Crippen LogP contribution in [0.4, 0.5) is 17.1 Å². The lowest BCUT2D eigenvalue weighted by Crippen LogP contribution is -2.49. The van der Waals surface area contributed by atoms with Crippen molar-refractivity contribution in [1.29, 1.82) is 0 Å². The van der Waals surface area contributed by atoms with Gasteiger partial charge < -0.3 is 30.4 Å². The van der Waals surface area contributed by atoms with Crippen LogP contribution in [-0.4, -0.2) is 70.1 Å². The van der Waals surface area contributed by atoms with Gasteiger partial charge in [0.05, 0.1) is 23.4 Å². The summed E-state index contributed by atoms with van der Waals surface area (Å²) in [6.45, 7) is 3.27. The number of benzene rings is 2. The second-order valence-electron chi connectivity index (χ2n) is 7.87. The maximum atomic E-state index is 10.3. The fraction of sp³-hybridized carbons (Fsp3) is 0.455. The number of likely N-dealkylation sites (N-methyl/N-ethyl adjacent to an activating group) is 1. The van der Waals surface area contributed by atoms with Gasteiger partial charge in [0, 0.05) is 24.3 Å². The first-order valence-corrected chi connectivity index (χ1v) is 10.9. The smallest absolute Gasteiger partial charge is 0.111 e. The number of azo groups is 1. The summed E-state index contributed by atoms with van der Waals surface area (Å²) in [5.74, 6) is 0.115. The molecule has 0 aromatic heterocycles. The average molecular weight is 486 g/mol. The van der Waals surface area contributed by atoms with Crippen LogP contribution in [0.2, 0.25) is 10.0 Å². The van der Waals surface area contributed by atoms with Crippen molar-refractivity contribution in [3.8, 4) is 0 Å². The van der Waals surface area contributed by atoms with E-state index in [9.17, 15) is 20.4 Å². The zero-order chi connectivity index (χ0) is 24.0. The SMILES string of the molecule is CC(C)c1cc(N(C)C[C@H](O)[C@@H](O)[C@H](O)[C@H](O)CO)ccc1N=Nc1cc(Cl)ccc1Cl. The van der Waals surface area contributed by atoms with Gasteiger partial charge in [-0.25, -0.2) is 0 Å². The number of anilines is 1. The monoisotopic (exact) mass is 485 g/mol. The molecule has 176 valence electrons. The molecular weight excluding hydrogens is 457 g/mol. The second kappa shape index (κ2) is 11.9.